The molecule has 0 bridgehead atoms. The number of nitrogen functional groups attached to an aromatic ring is 1. The van der Waals surface area contributed by atoms with Crippen LogP contribution in [-0.2, 0) is 0 Å². The standard InChI is InChI=1S/C8H15N5O/c1-6(14)2-3-11-7-4-10-5-8(12-7)13-9/h4-6,14H,2-3,9H2,1H3,(H2,11,12,13). The molecule has 1 atom stereocenters. The number of rotatable bonds is 5. The number of hydrogen-bond acceptors (Lipinski definition) is 6. The summed E-state index contributed by atoms with van der Waals surface area (Å²) in [6.45, 7) is 2.39. The highest BCUT2D eigenvalue weighted by atomic mass is 16.3. The molecule has 0 amide bonds. The smallest absolute Gasteiger partial charge is 0.160 e. The molecular formula is C8H15N5O. The number of nitrogens with zero attached hydrogens (tertiary/aromatic N) is 2. The van der Waals surface area contributed by atoms with Crippen LogP contribution in [0.3, 0.4) is 0 Å². The van der Waals surface area contributed by atoms with Crippen molar-refractivity contribution in [2.75, 3.05) is 17.3 Å². The molecule has 0 aromatic carbocycles. The lowest BCUT2D eigenvalue weighted by atomic mass is 10.3. The van der Waals surface area contributed by atoms with Crippen LogP contribution in [0.15, 0.2) is 12.4 Å². The van der Waals surface area contributed by atoms with E-state index >= 15 is 0 Å². The molecule has 0 spiro atoms. The van der Waals surface area contributed by atoms with Gasteiger partial charge in [0, 0.05) is 6.54 Å². The fourth-order valence-corrected chi connectivity index (χ4v) is 0.930. The van der Waals surface area contributed by atoms with Crippen LogP contribution in [-0.4, -0.2) is 27.7 Å². The highest BCUT2D eigenvalue weighted by Crippen LogP contribution is 2.05. The van der Waals surface area contributed by atoms with Gasteiger partial charge in [-0.05, 0) is 13.3 Å². The number of aliphatic hydroxyl groups is 1. The lowest BCUT2D eigenvalue weighted by molar-refractivity contribution is 0.188. The van der Waals surface area contributed by atoms with E-state index in [0.29, 0.717) is 24.6 Å². The third-order valence-electron chi connectivity index (χ3n) is 1.65. The Hall–Kier alpha value is -1.40. The van der Waals surface area contributed by atoms with Crippen molar-refractivity contribution in [3.63, 3.8) is 0 Å². The van der Waals surface area contributed by atoms with Crippen LogP contribution >= 0.6 is 0 Å². The van der Waals surface area contributed by atoms with Gasteiger partial charge >= 0.3 is 0 Å². The van der Waals surface area contributed by atoms with Crippen molar-refractivity contribution in [1.29, 1.82) is 0 Å². The number of nitrogens with one attached hydrogen (secondary N) is 2. The Balaban J connectivity index is 2.42. The largest absolute Gasteiger partial charge is 0.393 e. The number of hydrogen-bond donors (Lipinski definition) is 4. The van der Waals surface area contributed by atoms with E-state index in [-0.39, 0.29) is 6.10 Å². The van der Waals surface area contributed by atoms with Crippen molar-refractivity contribution < 1.29 is 5.11 Å². The zero-order chi connectivity index (χ0) is 10.4. The predicted molar refractivity (Wildman–Crippen MR) is 54.6 cm³/mol. The highest BCUT2D eigenvalue weighted by molar-refractivity contribution is 5.40. The molecule has 78 valence electrons. The molecular weight excluding hydrogens is 182 g/mol. The quantitative estimate of drug-likeness (QED) is 0.390. The average Bonchev–Trinajstić information content (AvgIpc) is 2.18. The molecule has 0 fully saturated rings. The number of aromatic nitrogens is 2. The fraction of sp³-hybridized carbons (Fsp3) is 0.500. The molecule has 6 heteroatoms. The Kier molecular flexibility index (Phi) is 4.09. The van der Waals surface area contributed by atoms with E-state index in [2.05, 4.69) is 20.7 Å². The van der Waals surface area contributed by atoms with Crippen LogP contribution in [0.5, 0.6) is 0 Å². The molecule has 0 saturated carbocycles. The molecule has 0 saturated heterocycles. The summed E-state index contributed by atoms with van der Waals surface area (Å²) in [6.07, 6.45) is 3.48. The summed E-state index contributed by atoms with van der Waals surface area (Å²) < 4.78 is 0. The minimum atomic E-state index is -0.314. The summed E-state index contributed by atoms with van der Waals surface area (Å²) in [5.41, 5.74) is 2.40. The SMILES string of the molecule is CC(O)CCNc1cncc(NN)n1. The van der Waals surface area contributed by atoms with Crippen LogP contribution in [0.1, 0.15) is 13.3 Å². The minimum Gasteiger partial charge on any atom is -0.393 e. The van der Waals surface area contributed by atoms with Crippen molar-refractivity contribution in [3.05, 3.63) is 12.4 Å². The summed E-state index contributed by atoms with van der Waals surface area (Å²) in [4.78, 5) is 8.02. The third kappa shape index (κ3) is 3.55. The molecule has 0 aliphatic heterocycles. The molecule has 0 aliphatic rings. The molecule has 14 heavy (non-hydrogen) atoms. The Labute approximate surface area is 82.5 Å². The zero-order valence-electron chi connectivity index (χ0n) is 8.07. The van der Waals surface area contributed by atoms with Gasteiger partial charge in [-0.1, -0.05) is 0 Å². The molecule has 1 aromatic heterocycles. The van der Waals surface area contributed by atoms with Gasteiger partial charge in [0.2, 0.25) is 0 Å². The molecule has 5 N–H and O–H groups in total. The number of nitrogens with two attached hydrogens (primary N) is 1. The first kappa shape index (κ1) is 10.7. The van der Waals surface area contributed by atoms with Crippen LogP contribution in [0, 0.1) is 0 Å². The van der Waals surface area contributed by atoms with Crippen molar-refractivity contribution in [3.8, 4) is 0 Å². The van der Waals surface area contributed by atoms with Crippen molar-refractivity contribution in [1.82, 2.24) is 9.97 Å². The molecule has 6 nitrogen and oxygen atoms in total. The summed E-state index contributed by atoms with van der Waals surface area (Å²) >= 11 is 0. The average molecular weight is 197 g/mol. The Bertz CT molecular complexity index is 278. The van der Waals surface area contributed by atoms with Gasteiger partial charge in [-0.25, -0.2) is 10.8 Å². The van der Waals surface area contributed by atoms with E-state index in [1.807, 2.05) is 0 Å². The predicted octanol–water partition coefficient (Wildman–Crippen LogP) is -0.0550. The number of anilines is 2. The molecule has 1 rings (SSSR count). The first-order chi connectivity index (χ1) is 6.72. The maximum absolute atomic E-state index is 9.02. The van der Waals surface area contributed by atoms with Crippen LogP contribution in [0.2, 0.25) is 0 Å². The van der Waals surface area contributed by atoms with E-state index < -0.39 is 0 Å². The highest BCUT2D eigenvalue weighted by Gasteiger charge is 1.98. The van der Waals surface area contributed by atoms with Gasteiger partial charge in [-0.3, -0.25) is 4.98 Å². The van der Waals surface area contributed by atoms with Crippen LogP contribution in [0.4, 0.5) is 11.6 Å². The Morgan fingerprint density at radius 2 is 2.21 bits per heavy atom. The molecule has 1 unspecified atom stereocenters. The maximum Gasteiger partial charge on any atom is 0.160 e. The topological polar surface area (TPSA) is 96.1 Å². The maximum atomic E-state index is 9.02. The Morgan fingerprint density at radius 3 is 2.86 bits per heavy atom. The molecule has 0 radical (unpaired) electrons. The van der Waals surface area contributed by atoms with Gasteiger partial charge in [0.25, 0.3) is 0 Å². The first-order valence-corrected chi connectivity index (χ1v) is 4.43. The first-order valence-electron chi connectivity index (χ1n) is 4.43. The molecule has 1 aromatic rings. The van der Waals surface area contributed by atoms with Crippen LogP contribution in [0.25, 0.3) is 0 Å². The number of aliphatic hydroxyl groups excluding tert-OH is 1. The second-order valence-corrected chi connectivity index (χ2v) is 3.00. The normalized spacial score (nSPS) is 12.2. The van der Waals surface area contributed by atoms with Gasteiger partial charge in [0.05, 0.1) is 18.5 Å². The summed E-state index contributed by atoms with van der Waals surface area (Å²) in [6, 6.07) is 0. The van der Waals surface area contributed by atoms with Gasteiger partial charge in [-0.2, -0.15) is 0 Å². The van der Waals surface area contributed by atoms with E-state index in [1.54, 1.807) is 13.1 Å². The van der Waals surface area contributed by atoms with Crippen LogP contribution < -0.4 is 16.6 Å². The second-order valence-electron chi connectivity index (χ2n) is 3.00. The third-order valence-corrected chi connectivity index (χ3v) is 1.65. The summed E-state index contributed by atoms with van der Waals surface area (Å²) in [5.74, 6) is 6.32. The molecule has 1 heterocycles. The second kappa shape index (κ2) is 5.36. The zero-order valence-corrected chi connectivity index (χ0v) is 8.07. The van der Waals surface area contributed by atoms with Gasteiger partial charge in [0.1, 0.15) is 5.82 Å². The lowest BCUT2D eigenvalue weighted by Crippen LogP contribution is -2.13. The lowest BCUT2D eigenvalue weighted by Gasteiger charge is -2.07. The van der Waals surface area contributed by atoms with Gasteiger partial charge in [0.15, 0.2) is 5.82 Å². The van der Waals surface area contributed by atoms with Crippen molar-refractivity contribution in [2.45, 2.75) is 19.4 Å². The van der Waals surface area contributed by atoms with Crippen molar-refractivity contribution >= 4 is 11.6 Å². The van der Waals surface area contributed by atoms with E-state index in [1.165, 1.54) is 6.20 Å². The minimum absolute atomic E-state index is 0.314. The van der Waals surface area contributed by atoms with Gasteiger partial charge in [-0.15, -0.1) is 0 Å². The molecule has 0 aliphatic carbocycles. The van der Waals surface area contributed by atoms with Crippen molar-refractivity contribution in [2.24, 2.45) is 5.84 Å². The monoisotopic (exact) mass is 197 g/mol. The fourth-order valence-electron chi connectivity index (χ4n) is 0.930. The summed E-state index contributed by atoms with van der Waals surface area (Å²) in [7, 11) is 0. The summed E-state index contributed by atoms with van der Waals surface area (Å²) in [5, 5.41) is 12.0. The Morgan fingerprint density at radius 1 is 1.50 bits per heavy atom. The van der Waals surface area contributed by atoms with Gasteiger partial charge < -0.3 is 15.8 Å². The number of hydrazine groups is 1. The van der Waals surface area contributed by atoms with E-state index in [0.717, 1.165) is 0 Å². The van der Waals surface area contributed by atoms with E-state index in [9.17, 15) is 0 Å². The van der Waals surface area contributed by atoms with E-state index in [4.69, 9.17) is 10.9 Å².